The van der Waals surface area contributed by atoms with Gasteiger partial charge < -0.3 is 0 Å². The third kappa shape index (κ3) is 4.40. The lowest BCUT2D eigenvalue weighted by Crippen LogP contribution is -2.17. The molecule has 0 aliphatic heterocycles. The zero-order chi connectivity index (χ0) is 15.3. The lowest BCUT2D eigenvalue weighted by molar-refractivity contribution is 0.598. The van der Waals surface area contributed by atoms with Crippen LogP contribution < -0.4 is 4.72 Å². The van der Waals surface area contributed by atoms with Gasteiger partial charge in [0.2, 0.25) is 10.0 Å². The first kappa shape index (κ1) is 15.7. The monoisotopic (exact) mass is 329 g/mol. The predicted octanol–water partition coefficient (Wildman–Crippen LogP) is 1.73. The molecule has 0 aliphatic carbocycles. The summed E-state index contributed by atoms with van der Waals surface area (Å²) in [5, 5.41) is 10.9. The van der Waals surface area contributed by atoms with Gasteiger partial charge in [0.05, 0.1) is 17.1 Å². The van der Waals surface area contributed by atoms with Gasteiger partial charge >= 0.3 is 0 Å². The van der Waals surface area contributed by atoms with Crippen molar-refractivity contribution in [3.8, 4) is 5.69 Å². The summed E-state index contributed by atoms with van der Waals surface area (Å²) in [4.78, 5) is 0. The molecule has 7 nitrogen and oxygen atoms in total. The second-order valence-electron chi connectivity index (χ2n) is 4.57. The molecule has 21 heavy (non-hydrogen) atoms. The van der Waals surface area contributed by atoms with E-state index in [0.29, 0.717) is 30.1 Å². The molecule has 0 saturated carbocycles. The number of sulfonamides is 1. The zero-order valence-corrected chi connectivity index (χ0v) is 13.1. The minimum Gasteiger partial charge on any atom is -0.283 e. The predicted molar refractivity (Wildman–Crippen MR) is 81.3 cm³/mol. The van der Waals surface area contributed by atoms with E-state index in [9.17, 15) is 8.42 Å². The average Bonchev–Trinajstić information content (AvgIpc) is 2.95. The van der Waals surface area contributed by atoms with Gasteiger partial charge in [-0.2, -0.15) is 0 Å². The first-order chi connectivity index (χ1) is 10.0. The van der Waals surface area contributed by atoms with Crippen molar-refractivity contribution >= 4 is 27.3 Å². The lowest BCUT2D eigenvalue weighted by atomic mass is 10.2. The van der Waals surface area contributed by atoms with Crippen LogP contribution in [0.1, 0.15) is 18.4 Å². The molecule has 0 radical (unpaired) electrons. The molecule has 0 spiro atoms. The Morgan fingerprint density at radius 3 is 2.81 bits per heavy atom. The third-order valence-corrected chi connectivity index (χ3v) is 4.52. The van der Waals surface area contributed by atoms with E-state index in [1.54, 1.807) is 6.07 Å². The van der Waals surface area contributed by atoms with Gasteiger partial charge in [-0.05, 0) is 47.9 Å². The molecule has 1 N–H and O–H groups in total. The molecule has 0 fully saturated rings. The maximum absolute atomic E-state index is 12.0. The molecule has 0 aliphatic rings. The van der Waals surface area contributed by atoms with Crippen LogP contribution in [0.2, 0.25) is 0 Å². The second-order valence-corrected chi connectivity index (χ2v) is 6.79. The Bertz CT molecular complexity index is 688. The van der Waals surface area contributed by atoms with Gasteiger partial charge in [-0.25, -0.2) is 13.1 Å². The Morgan fingerprint density at radius 1 is 1.33 bits per heavy atom. The van der Waals surface area contributed by atoms with Crippen LogP contribution in [0.15, 0.2) is 24.5 Å². The summed E-state index contributed by atoms with van der Waals surface area (Å²) >= 11 is 5.56. The van der Waals surface area contributed by atoms with Crippen LogP contribution in [0, 0.1) is 6.92 Å². The first-order valence-electron chi connectivity index (χ1n) is 6.42. The van der Waals surface area contributed by atoms with E-state index < -0.39 is 10.0 Å². The van der Waals surface area contributed by atoms with Gasteiger partial charge in [0.1, 0.15) is 6.33 Å². The smallest absolute Gasteiger partial charge is 0.232 e. The molecule has 2 rings (SSSR count). The maximum atomic E-state index is 12.0. The summed E-state index contributed by atoms with van der Waals surface area (Å²) in [7, 11) is -3.38. The van der Waals surface area contributed by atoms with Crippen LogP contribution in [0.3, 0.4) is 0 Å². The van der Waals surface area contributed by atoms with Crippen molar-refractivity contribution in [3.05, 3.63) is 30.1 Å². The van der Waals surface area contributed by atoms with Crippen LogP contribution in [-0.2, 0) is 10.0 Å². The highest BCUT2D eigenvalue weighted by atomic mass is 35.5. The van der Waals surface area contributed by atoms with Gasteiger partial charge in [0, 0.05) is 5.88 Å². The summed E-state index contributed by atoms with van der Waals surface area (Å²) < 4.78 is 28.1. The number of aryl methyl sites for hydroxylation is 1. The average molecular weight is 330 g/mol. The molecule has 2 aromatic rings. The molecule has 9 heteroatoms. The number of hydrogen-bond donors (Lipinski definition) is 1. The molecule has 0 unspecified atom stereocenters. The van der Waals surface area contributed by atoms with Gasteiger partial charge in [-0.1, -0.05) is 6.07 Å². The highest BCUT2D eigenvalue weighted by Gasteiger charge is 2.12. The highest BCUT2D eigenvalue weighted by molar-refractivity contribution is 7.92. The molecule has 114 valence electrons. The SMILES string of the molecule is Cc1ccc(-n2cnnn2)cc1NS(=O)(=O)CCCCCl. The number of aromatic nitrogens is 4. The molecule has 1 aromatic carbocycles. The maximum Gasteiger partial charge on any atom is 0.232 e. The van der Waals surface area contributed by atoms with Crippen molar-refractivity contribution in [2.45, 2.75) is 19.8 Å². The molecular formula is C12H16ClN5O2S. The summed E-state index contributed by atoms with van der Waals surface area (Å²) in [6.45, 7) is 1.83. The Morgan fingerprint density at radius 2 is 2.14 bits per heavy atom. The second kappa shape index (κ2) is 6.86. The fourth-order valence-electron chi connectivity index (χ4n) is 1.75. The topological polar surface area (TPSA) is 89.8 Å². The number of rotatable bonds is 7. The number of benzene rings is 1. The molecule has 1 heterocycles. The van der Waals surface area contributed by atoms with Crippen molar-refractivity contribution in [2.24, 2.45) is 0 Å². The number of nitrogens with zero attached hydrogens (tertiary/aromatic N) is 4. The van der Waals surface area contributed by atoms with Crippen LogP contribution in [0.4, 0.5) is 5.69 Å². The fraction of sp³-hybridized carbons (Fsp3) is 0.417. The number of alkyl halides is 1. The van der Waals surface area contributed by atoms with E-state index in [1.165, 1.54) is 11.0 Å². The van der Waals surface area contributed by atoms with Crippen LogP contribution in [0.5, 0.6) is 0 Å². The minimum absolute atomic E-state index is 0.0499. The Kier molecular flexibility index (Phi) is 5.13. The van der Waals surface area contributed by atoms with Crippen molar-refractivity contribution in [2.75, 3.05) is 16.4 Å². The molecular weight excluding hydrogens is 314 g/mol. The highest BCUT2D eigenvalue weighted by Crippen LogP contribution is 2.20. The normalized spacial score (nSPS) is 11.5. The van der Waals surface area contributed by atoms with Gasteiger partial charge in [0.25, 0.3) is 0 Å². The zero-order valence-electron chi connectivity index (χ0n) is 11.5. The number of anilines is 1. The summed E-state index contributed by atoms with van der Waals surface area (Å²) in [5.41, 5.74) is 2.03. The van der Waals surface area contributed by atoms with Gasteiger partial charge in [0.15, 0.2) is 0 Å². The third-order valence-electron chi connectivity index (χ3n) is 2.90. The number of halogens is 1. The van der Waals surface area contributed by atoms with Crippen molar-refractivity contribution < 1.29 is 8.42 Å². The van der Waals surface area contributed by atoms with E-state index in [-0.39, 0.29) is 5.75 Å². The van der Waals surface area contributed by atoms with E-state index in [0.717, 1.165) is 5.56 Å². The molecule has 0 amide bonds. The van der Waals surface area contributed by atoms with Gasteiger partial charge in [-0.3, -0.25) is 4.72 Å². The Labute approximate surface area is 128 Å². The largest absolute Gasteiger partial charge is 0.283 e. The van der Waals surface area contributed by atoms with E-state index in [1.807, 2.05) is 19.1 Å². The van der Waals surface area contributed by atoms with Crippen LogP contribution in [0.25, 0.3) is 5.69 Å². The number of hydrogen-bond acceptors (Lipinski definition) is 5. The van der Waals surface area contributed by atoms with E-state index in [4.69, 9.17) is 11.6 Å². The van der Waals surface area contributed by atoms with Crippen molar-refractivity contribution in [1.29, 1.82) is 0 Å². The Hall–Kier alpha value is -1.67. The van der Waals surface area contributed by atoms with Gasteiger partial charge in [-0.15, -0.1) is 16.7 Å². The molecule has 0 saturated heterocycles. The van der Waals surface area contributed by atoms with Crippen molar-refractivity contribution in [3.63, 3.8) is 0 Å². The fourth-order valence-corrected chi connectivity index (χ4v) is 3.18. The summed E-state index contributed by atoms with van der Waals surface area (Å²) in [6.07, 6.45) is 2.65. The number of tetrazole rings is 1. The standard InChI is InChI=1S/C12H16ClN5O2S/c1-10-4-5-11(18-9-14-16-17-18)8-12(10)15-21(19,20)7-3-2-6-13/h4-5,8-9,15H,2-3,6-7H2,1H3. The first-order valence-corrected chi connectivity index (χ1v) is 8.61. The lowest BCUT2D eigenvalue weighted by Gasteiger charge is -2.11. The Balaban J connectivity index is 2.18. The molecule has 0 atom stereocenters. The summed E-state index contributed by atoms with van der Waals surface area (Å²) in [6, 6.07) is 5.33. The number of unbranched alkanes of at least 4 members (excludes halogenated alkanes) is 1. The van der Waals surface area contributed by atoms with Crippen molar-refractivity contribution in [1.82, 2.24) is 20.2 Å². The van der Waals surface area contributed by atoms with E-state index >= 15 is 0 Å². The molecule has 1 aromatic heterocycles. The van der Waals surface area contributed by atoms with E-state index in [2.05, 4.69) is 20.2 Å². The minimum atomic E-state index is -3.38. The molecule has 0 bridgehead atoms. The summed E-state index contributed by atoms with van der Waals surface area (Å²) in [5.74, 6) is 0.512. The van der Waals surface area contributed by atoms with Crippen LogP contribution >= 0.6 is 11.6 Å². The van der Waals surface area contributed by atoms with Crippen LogP contribution in [-0.4, -0.2) is 40.3 Å². The quantitative estimate of drug-likeness (QED) is 0.617. The number of nitrogens with one attached hydrogen (secondary N) is 1.